The third-order valence-electron chi connectivity index (χ3n) is 4.83. The van der Waals surface area contributed by atoms with Crippen LogP contribution in [0, 0.1) is 0 Å². The van der Waals surface area contributed by atoms with Crippen LogP contribution in [-0.2, 0) is 4.74 Å². The van der Waals surface area contributed by atoms with Crippen molar-refractivity contribution in [3.8, 4) is 0 Å². The topological polar surface area (TPSA) is 148 Å². The fourth-order valence-electron chi connectivity index (χ4n) is 3.03. The lowest BCUT2D eigenvalue weighted by atomic mass is 10.2. The van der Waals surface area contributed by atoms with E-state index in [0.29, 0.717) is 29.1 Å². The Kier molecular flexibility index (Phi) is 9.77. The highest BCUT2D eigenvalue weighted by Gasteiger charge is 2.11. The largest absolute Gasteiger partial charge is 0.478 e. The number of hydrogen-bond donors (Lipinski definition) is 3. The first kappa shape index (κ1) is 27.2. The molecule has 0 aliphatic carbocycles. The Balaban J connectivity index is 0.000000212. The number of hydrogen-bond acceptors (Lipinski definition) is 7. The summed E-state index contributed by atoms with van der Waals surface area (Å²) in [7, 11) is 0. The summed E-state index contributed by atoms with van der Waals surface area (Å²) in [6, 6.07) is 23.1. The Bertz CT molecular complexity index is 1410. The van der Waals surface area contributed by atoms with Crippen molar-refractivity contribution in [1.29, 1.82) is 0 Å². The maximum absolute atomic E-state index is 12.0. The van der Waals surface area contributed by atoms with Gasteiger partial charge >= 0.3 is 11.9 Å². The van der Waals surface area contributed by atoms with Crippen LogP contribution in [-0.4, -0.2) is 45.4 Å². The van der Waals surface area contributed by atoms with E-state index in [1.54, 1.807) is 61.5 Å². The van der Waals surface area contributed by atoms with Crippen molar-refractivity contribution in [3.05, 3.63) is 120 Å². The van der Waals surface area contributed by atoms with Crippen molar-refractivity contribution in [2.75, 3.05) is 17.2 Å². The third-order valence-corrected chi connectivity index (χ3v) is 4.83. The molecule has 4 aromatic rings. The van der Waals surface area contributed by atoms with Crippen LogP contribution in [0.15, 0.2) is 97.3 Å². The molecule has 192 valence electrons. The molecule has 0 fully saturated rings. The summed E-state index contributed by atoms with van der Waals surface area (Å²) in [5.74, 6) is -1.59. The fourth-order valence-corrected chi connectivity index (χ4v) is 3.03. The molecule has 2 aromatic heterocycles. The van der Waals surface area contributed by atoms with Crippen LogP contribution in [0.1, 0.15) is 48.4 Å². The van der Waals surface area contributed by atoms with Gasteiger partial charge < -0.3 is 20.5 Å². The van der Waals surface area contributed by atoms with E-state index in [-0.39, 0.29) is 23.2 Å². The number of benzene rings is 2. The first-order valence-electron chi connectivity index (χ1n) is 11.4. The molecule has 0 bridgehead atoms. The van der Waals surface area contributed by atoms with E-state index < -0.39 is 11.9 Å². The average molecular weight is 513 g/mol. The Morgan fingerprint density at radius 3 is 1.58 bits per heavy atom. The van der Waals surface area contributed by atoms with E-state index in [9.17, 15) is 19.2 Å². The minimum atomic E-state index is -1.06. The summed E-state index contributed by atoms with van der Waals surface area (Å²) in [5.41, 5.74) is 1.44. The SMILES string of the molecule is CCOC(=O)c1ccnc(NC(=O)c2ccccc2)c1.O=C(O)c1ccnc(NC(=O)c2ccccc2)c1. The van der Waals surface area contributed by atoms with Gasteiger partial charge in [0.1, 0.15) is 11.6 Å². The number of ether oxygens (including phenoxy) is 1. The van der Waals surface area contributed by atoms with E-state index in [1.807, 2.05) is 6.07 Å². The maximum Gasteiger partial charge on any atom is 0.338 e. The molecule has 0 saturated heterocycles. The van der Waals surface area contributed by atoms with Crippen molar-refractivity contribution in [3.63, 3.8) is 0 Å². The number of nitrogens with zero attached hydrogens (tertiary/aromatic N) is 2. The lowest BCUT2D eigenvalue weighted by Gasteiger charge is -2.06. The number of carboxylic acids is 1. The minimum absolute atomic E-state index is 0.0772. The van der Waals surface area contributed by atoms with Crippen LogP contribution in [0.2, 0.25) is 0 Å². The first-order valence-corrected chi connectivity index (χ1v) is 11.4. The average Bonchev–Trinajstić information content (AvgIpc) is 2.95. The van der Waals surface area contributed by atoms with Crippen LogP contribution in [0.25, 0.3) is 0 Å². The molecule has 0 radical (unpaired) electrons. The van der Waals surface area contributed by atoms with Gasteiger partial charge in [-0.25, -0.2) is 19.6 Å². The summed E-state index contributed by atoms with van der Waals surface area (Å²) in [5, 5.41) is 14.0. The van der Waals surface area contributed by atoms with Crippen LogP contribution < -0.4 is 10.6 Å². The zero-order chi connectivity index (χ0) is 27.3. The molecule has 0 atom stereocenters. The second-order valence-electron chi connectivity index (χ2n) is 7.53. The highest BCUT2D eigenvalue weighted by molar-refractivity contribution is 6.05. The van der Waals surface area contributed by atoms with Gasteiger partial charge in [0.25, 0.3) is 11.8 Å². The molecule has 0 saturated carbocycles. The van der Waals surface area contributed by atoms with Crippen LogP contribution in [0.3, 0.4) is 0 Å². The molecule has 3 N–H and O–H groups in total. The van der Waals surface area contributed by atoms with E-state index in [4.69, 9.17) is 9.84 Å². The third kappa shape index (κ3) is 8.09. The zero-order valence-electron chi connectivity index (χ0n) is 20.3. The van der Waals surface area contributed by atoms with Crippen molar-refractivity contribution >= 4 is 35.4 Å². The van der Waals surface area contributed by atoms with Crippen molar-refractivity contribution in [2.24, 2.45) is 0 Å². The van der Waals surface area contributed by atoms with Crippen LogP contribution in [0.4, 0.5) is 11.6 Å². The van der Waals surface area contributed by atoms with E-state index in [0.717, 1.165) is 0 Å². The van der Waals surface area contributed by atoms with E-state index in [2.05, 4.69) is 20.6 Å². The number of aromatic carboxylic acids is 1. The van der Waals surface area contributed by atoms with Crippen LogP contribution >= 0.6 is 0 Å². The smallest absolute Gasteiger partial charge is 0.338 e. The van der Waals surface area contributed by atoms with Gasteiger partial charge in [0.2, 0.25) is 0 Å². The Labute approximate surface area is 218 Å². The Morgan fingerprint density at radius 2 is 1.13 bits per heavy atom. The maximum atomic E-state index is 12.0. The molecule has 4 rings (SSSR count). The summed E-state index contributed by atoms with van der Waals surface area (Å²) in [6.07, 6.45) is 2.79. The molecule has 0 spiro atoms. The second-order valence-corrected chi connectivity index (χ2v) is 7.53. The number of rotatable bonds is 7. The number of nitrogens with one attached hydrogen (secondary N) is 2. The van der Waals surface area contributed by atoms with Gasteiger partial charge in [-0.3, -0.25) is 9.59 Å². The summed E-state index contributed by atoms with van der Waals surface area (Å²) in [6.45, 7) is 2.03. The number of esters is 1. The summed E-state index contributed by atoms with van der Waals surface area (Å²) < 4.78 is 4.89. The second kappa shape index (κ2) is 13.6. The van der Waals surface area contributed by atoms with Gasteiger partial charge in [-0.1, -0.05) is 36.4 Å². The van der Waals surface area contributed by atoms with Crippen molar-refractivity contribution in [1.82, 2.24) is 9.97 Å². The number of pyridine rings is 2. The number of amides is 2. The van der Waals surface area contributed by atoms with Gasteiger partial charge in [0, 0.05) is 23.5 Å². The predicted molar refractivity (Wildman–Crippen MR) is 140 cm³/mol. The van der Waals surface area contributed by atoms with Gasteiger partial charge in [-0.2, -0.15) is 0 Å². The number of carbonyl (C=O) groups excluding carboxylic acids is 3. The number of carbonyl (C=O) groups is 4. The quantitative estimate of drug-likeness (QED) is 0.306. The molecule has 0 unspecified atom stereocenters. The van der Waals surface area contributed by atoms with Gasteiger partial charge in [0.05, 0.1) is 17.7 Å². The number of carboxylic acid groups (broad SMARTS) is 1. The van der Waals surface area contributed by atoms with Gasteiger partial charge in [0.15, 0.2) is 0 Å². The summed E-state index contributed by atoms with van der Waals surface area (Å²) >= 11 is 0. The highest BCUT2D eigenvalue weighted by atomic mass is 16.5. The molecule has 2 aromatic carbocycles. The van der Waals surface area contributed by atoms with Crippen molar-refractivity contribution in [2.45, 2.75) is 6.92 Å². The lowest BCUT2D eigenvalue weighted by Crippen LogP contribution is -2.13. The molecule has 38 heavy (non-hydrogen) atoms. The molecule has 2 amide bonds. The van der Waals surface area contributed by atoms with Crippen LogP contribution in [0.5, 0.6) is 0 Å². The van der Waals surface area contributed by atoms with Gasteiger partial charge in [-0.05, 0) is 55.5 Å². The molecular formula is C28H24N4O6. The zero-order valence-corrected chi connectivity index (χ0v) is 20.3. The molecular weight excluding hydrogens is 488 g/mol. The van der Waals surface area contributed by atoms with Crippen molar-refractivity contribution < 1.29 is 29.0 Å². The first-order chi connectivity index (χ1) is 18.4. The molecule has 10 heteroatoms. The standard InChI is InChI=1S/C15H14N2O3.C13H10N2O3/c1-2-20-15(19)12-8-9-16-13(10-12)17-14(18)11-6-4-3-5-7-11;16-12(9-4-2-1-3-5-9)15-11-8-10(13(17)18)6-7-14-11/h3-10H,2H2,1H3,(H,16,17,18);1-8H,(H,17,18)(H,14,15,16). The number of anilines is 2. The molecule has 10 nitrogen and oxygen atoms in total. The van der Waals surface area contributed by atoms with E-state index >= 15 is 0 Å². The highest BCUT2D eigenvalue weighted by Crippen LogP contribution is 2.11. The summed E-state index contributed by atoms with van der Waals surface area (Å²) in [4.78, 5) is 54.0. The minimum Gasteiger partial charge on any atom is -0.478 e. The monoisotopic (exact) mass is 512 g/mol. The predicted octanol–water partition coefficient (Wildman–Crippen LogP) is 4.54. The van der Waals surface area contributed by atoms with Gasteiger partial charge in [-0.15, -0.1) is 0 Å². The molecule has 2 heterocycles. The normalized spacial score (nSPS) is 9.82. The van der Waals surface area contributed by atoms with E-state index in [1.165, 1.54) is 36.7 Å². The lowest BCUT2D eigenvalue weighted by molar-refractivity contribution is 0.0525. The Morgan fingerprint density at radius 1 is 0.684 bits per heavy atom. The fraction of sp³-hybridized carbons (Fsp3) is 0.0714. The number of aromatic nitrogens is 2. The molecule has 0 aliphatic heterocycles. The molecule has 0 aliphatic rings. The Hall–Kier alpha value is -5.38.